The molecule has 5 fully saturated rings. The summed E-state index contributed by atoms with van der Waals surface area (Å²) in [4.78, 5) is 27.0. The number of carbonyl (C=O) groups excluding carboxylic acids is 1. The number of benzene rings is 1. The molecule has 2 heterocycles. The van der Waals surface area contributed by atoms with Gasteiger partial charge < -0.3 is 25.0 Å². The molecule has 0 spiro atoms. The van der Waals surface area contributed by atoms with Crippen molar-refractivity contribution < 1.29 is 24.0 Å². The lowest BCUT2D eigenvalue weighted by Crippen LogP contribution is -2.55. The van der Waals surface area contributed by atoms with Crippen molar-refractivity contribution in [3.8, 4) is 5.88 Å². The van der Waals surface area contributed by atoms with E-state index in [2.05, 4.69) is 15.8 Å². The number of aromatic nitrogens is 1. The minimum atomic E-state index is -0.984. The lowest BCUT2D eigenvalue weighted by Gasteiger charge is -2.54. The highest BCUT2D eigenvalue weighted by Crippen LogP contribution is 2.53. The molecule has 2 aromatic rings. The number of nitrogens with zero attached hydrogens (tertiary/aromatic N) is 1. The van der Waals surface area contributed by atoms with Gasteiger partial charge in [-0.3, -0.25) is 9.59 Å². The van der Waals surface area contributed by atoms with Gasteiger partial charge in [0.25, 0.3) is 11.8 Å². The van der Waals surface area contributed by atoms with E-state index in [0.717, 1.165) is 16.7 Å². The molecule has 1 aromatic heterocycles. The molecule has 36 heavy (non-hydrogen) atoms. The van der Waals surface area contributed by atoms with Gasteiger partial charge in [-0.1, -0.05) is 30.0 Å². The maximum absolute atomic E-state index is 13.5. The molecule has 8 nitrogen and oxygen atoms in total. The number of amides is 1. The molecule has 1 aliphatic heterocycles. The van der Waals surface area contributed by atoms with Crippen LogP contribution in [0.4, 0.5) is 0 Å². The summed E-state index contributed by atoms with van der Waals surface area (Å²) in [6, 6.07) is 9.87. The van der Waals surface area contributed by atoms with Crippen LogP contribution in [-0.4, -0.2) is 47.9 Å². The number of piperidine rings is 1. The van der Waals surface area contributed by atoms with E-state index in [1.54, 1.807) is 0 Å². The van der Waals surface area contributed by atoms with Crippen molar-refractivity contribution in [2.75, 3.05) is 19.7 Å². The second-order valence-electron chi connectivity index (χ2n) is 11.1. The highest BCUT2D eigenvalue weighted by molar-refractivity contribution is 7.99. The Hall–Kier alpha value is -2.52. The number of carboxylic acid groups (broad SMARTS) is 1. The third kappa shape index (κ3) is 4.52. The van der Waals surface area contributed by atoms with Crippen molar-refractivity contribution in [1.29, 1.82) is 0 Å². The van der Waals surface area contributed by atoms with Crippen LogP contribution in [0.2, 0.25) is 0 Å². The molecule has 4 bridgehead atoms. The number of hydrogen-bond donors (Lipinski definition) is 3. The summed E-state index contributed by atoms with van der Waals surface area (Å²) in [6.45, 7) is 1.23. The van der Waals surface area contributed by atoms with Crippen molar-refractivity contribution in [2.45, 2.75) is 60.8 Å². The molecule has 4 aliphatic carbocycles. The van der Waals surface area contributed by atoms with Gasteiger partial charge in [0.15, 0.2) is 0 Å². The normalized spacial score (nSPS) is 30.2. The molecule has 0 radical (unpaired) electrons. The Kier molecular flexibility index (Phi) is 6.46. The second-order valence-corrected chi connectivity index (χ2v) is 12.2. The average Bonchev–Trinajstić information content (AvgIpc) is 3.28. The molecular weight excluding hydrogens is 478 g/mol. The molecule has 7 rings (SSSR count). The van der Waals surface area contributed by atoms with Crippen LogP contribution in [0.15, 0.2) is 44.6 Å². The number of carbonyl (C=O) groups is 2. The van der Waals surface area contributed by atoms with Gasteiger partial charge in [-0.2, -0.15) is 0 Å². The van der Waals surface area contributed by atoms with E-state index in [9.17, 15) is 14.7 Å². The monoisotopic (exact) mass is 511 g/mol. The van der Waals surface area contributed by atoms with Gasteiger partial charge in [-0.05, 0) is 99.0 Å². The van der Waals surface area contributed by atoms with Gasteiger partial charge in [0.2, 0.25) is 5.76 Å². The third-order valence-electron chi connectivity index (χ3n) is 8.81. The van der Waals surface area contributed by atoms with Crippen molar-refractivity contribution >= 4 is 23.6 Å². The smallest absolute Gasteiger partial charge is 0.313 e. The number of aliphatic carboxylic acids is 1. The fraction of sp³-hybridized carbons (Fsp3) is 0.593. The Balaban J connectivity index is 1.23. The Morgan fingerprint density at radius 1 is 1.08 bits per heavy atom. The first kappa shape index (κ1) is 23.9. The fourth-order valence-corrected chi connectivity index (χ4v) is 8.04. The maximum atomic E-state index is 13.5. The van der Waals surface area contributed by atoms with Crippen LogP contribution >= 0.6 is 11.8 Å². The number of carboxylic acids is 1. The van der Waals surface area contributed by atoms with Gasteiger partial charge in [0.05, 0.1) is 0 Å². The second kappa shape index (κ2) is 9.74. The summed E-state index contributed by atoms with van der Waals surface area (Å²) in [6.07, 6.45) is 7.15. The predicted octanol–water partition coefficient (Wildman–Crippen LogP) is 4.21. The van der Waals surface area contributed by atoms with Gasteiger partial charge in [0, 0.05) is 10.9 Å². The molecule has 1 saturated heterocycles. The SMILES string of the molecule is O=C(NC1C2CC3CC(C2)CC1C3)c1onc(OCC2(C(=O)O)CCNCC2)c1Sc1ccccc1. The number of ether oxygens (including phenoxy) is 1. The van der Waals surface area contributed by atoms with Crippen LogP contribution in [0.5, 0.6) is 5.88 Å². The maximum Gasteiger partial charge on any atom is 0.313 e. The van der Waals surface area contributed by atoms with E-state index in [4.69, 9.17) is 9.26 Å². The van der Waals surface area contributed by atoms with E-state index in [-0.39, 0.29) is 30.2 Å². The molecule has 0 unspecified atom stereocenters. The lowest BCUT2D eigenvalue weighted by atomic mass is 9.54. The average molecular weight is 512 g/mol. The van der Waals surface area contributed by atoms with E-state index in [1.165, 1.54) is 43.9 Å². The molecule has 5 aliphatic rings. The highest BCUT2D eigenvalue weighted by Gasteiger charge is 2.49. The Morgan fingerprint density at radius 2 is 1.75 bits per heavy atom. The first-order valence-electron chi connectivity index (χ1n) is 13.1. The largest absolute Gasteiger partial charge is 0.481 e. The summed E-state index contributed by atoms with van der Waals surface area (Å²) < 4.78 is 11.6. The van der Waals surface area contributed by atoms with Crippen molar-refractivity contribution in [1.82, 2.24) is 15.8 Å². The van der Waals surface area contributed by atoms with Crippen LogP contribution in [0.1, 0.15) is 55.5 Å². The Labute approximate surface area is 214 Å². The molecule has 9 heteroatoms. The van der Waals surface area contributed by atoms with E-state index < -0.39 is 11.4 Å². The Bertz CT molecular complexity index is 1090. The molecule has 1 amide bonds. The quantitative estimate of drug-likeness (QED) is 0.483. The minimum Gasteiger partial charge on any atom is -0.481 e. The number of hydrogen-bond acceptors (Lipinski definition) is 7. The first-order valence-corrected chi connectivity index (χ1v) is 13.9. The van der Waals surface area contributed by atoms with Crippen LogP contribution in [0.25, 0.3) is 0 Å². The summed E-state index contributed by atoms with van der Waals surface area (Å²) >= 11 is 1.36. The van der Waals surface area contributed by atoms with Gasteiger partial charge in [-0.25, -0.2) is 0 Å². The van der Waals surface area contributed by atoms with Crippen LogP contribution in [0.3, 0.4) is 0 Å². The summed E-state index contributed by atoms with van der Waals surface area (Å²) in [5.74, 6) is 1.93. The molecule has 3 N–H and O–H groups in total. The number of rotatable bonds is 8. The number of nitrogens with one attached hydrogen (secondary N) is 2. The standard InChI is InChI=1S/C27H33N3O5S/c31-24(29-21-18-11-16-10-17(13-18)14-19(21)12-16)22-23(36-20-4-2-1-3-5-20)25(30-35-22)34-15-27(26(32)33)6-8-28-9-7-27/h1-5,16-19,21,28H,6-15H2,(H,29,31)(H,32,33). The molecule has 1 aromatic carbocycles. The van der Waals surface area contributed by atoms with E-state index >= 15 is 0 Å². The molecule has 192 valence electrons. The van der Waals surface area contributed by atoms with Crippen LogP contribution in [0, 0.1) is 29.1 Å². The Morgan fingerprint density at radius 3 is 2.39 bits per heavy atom. The molecule has 4 saturated carbocycles. The predicted molar refractivity (Wildman–Crippen MR) is 133 cm³/mol. The first-order chi connectivity index (χ1) is 17.5. The van der Waals surface area contributed by atoms with Gasteiger partial charge >= 0.3 is 5.97 Å². The van der Waals surface area contributed by atoms with E-state index in [0.29, 0.717) is 42.7 Å². The lowest BCUT2D eigenvalue weighted by molar-refractivity contribution is -0.153. The zero-order chi connectivity index (χ0) is 24.7. The van der Waals surface area contributed by atoms with Crippen molar-refractivity contribution in [3.05, 3.63) is 36.1 Å². The van der Waals surface area contributed by atoms with E-state index in [1.807, 2.05) is 30.3 Å². The zero-order valence-corrected chi connectivity index (χ0v) is 21.1. The van der Waals surface area contributed by atoms with Crippen molar-refractivity contribution in [3.63, 3.8) is 0 Å². The minimum absolute atomic E-state index is 0.0183. The topological polar surface area (TPSA) is 114 Å². The zero-order valence-electron chi connectivity index (χ0n) is 20.3. The summed E-state index contributed by atoms with van der Waals surface area (Å²) in [5, 5.41) is 20.5. The van der Waals surface area contributed by atoms with Crippen LogP contribution < -0.4 is 15.4 Å². The van der Waals surface area contributed by atoms with Gasteiger partial charge in [0.1, 0.15) is 16.9 Å². The summed E-state index contributed by atoms with van der Waals surface area (Å²) in [5.41, 5.74) is -0.984. The fourth-order valence-electron chi connectivity index (χ4n) is 7.11. The van der Waals surface area contributed by atoms with Crippen molar-refractivity contribution in [2.24, 2.45) is 29.1 Å². The molecular formula is C27H33N3O5S. The molecule has 0 atom stereocenters. The van der Waals surface area contributed by atoms with Crippen LogP contribution in [-0.2, 0) is 4.79 Å². The third-order valence-corrected chi connectivity index (χ3v) is 9.89. The summed E-state index contributed by atoms with van der Waals surface area (Å²) in [7, 11) is 0. The van der Waals surface area contributed by atoms with Gasteiger partial charge in [-0.15, -0.1) is 0 Å². The highest BCUT2D eigenvalue weighted by atomic mass is 32.2.